The van der Waals surface area contributed by atoms with Crippen molar-refractivity contribution in [3.8, 4) is 5.75 Å². The Balaban J connectivity index is 1.98. The Morgan fingerprint density at radius 3 is 2.44 bits per heavy atom. The fourth-order valence-electron chi connectivity index (χ4n) is 2.94. The molecule has 6 nitrogen and oxygen atoms in total. The molecule has 130 valence electrons. The highest BCUT2D eigenvalue weighted by Crippen LogP contribution is 2.33. The van der Waals surface area contributed by atoms with E-state index in [0.717, 1.165) is 0 Å². The summed E-state index contributed by atoms with van der Waals surface area (Å²) in [7, 11) is 1.58. The predicted molar refractivity (Wildman–Crippen MR) is 93.6 cm³/mol. The van der Waals surface area contributed by atoms with E-state index in [0.29, 0.717) is 17.0 Å². The third-order valence-electron chi connectivity index (χ3n) is 4.24. The van der Waals surface area contributed by atoms with Gasteiger partial charge in [0, 0.05) is 5.69 Å². The number of methoxy groups -OCH3 is 1. The third kappa shape index (κ3) is 3.03. The van der Waals surface area contributed by atoms with Gasteiger partial charge in [-0.1, -0.05) is 30.3 Å². The summed E-state index contributed by atoms with van der Waals surface area (Å²) in [6.07, 6.45) is 0. The monoisotopic (exact) mass is 340 g/mol. The van der Waals surface area contributed by atoms with Crippen molar-refractivity contribution in [2.24, 2.45) is 0 Å². The maximum Gasteiger partial charge on any atom is 0.338 e. The molecule has 0 bridgehead atoms. The zero-order valence-electron chi connectivity index (χ0n) is 14.2. The van der Waals surface area contributed by atoms with Crippen LogP contribution in [0.2, 0.25) is 0 Å². The molecule has 1 N–H and O–H groups in total. The van der Waals surface area contributed by atoms with Crippen molar-refractivity contribution in [2.75, 3.05) is 25.2 Å². The van der Waals surface area contributed by atoms with Gasteiger partial charge in [0.15, 0.2) is 5.54 Å². The Morgan fingerprint density at radius 2 is 1.84 bits per heavy atom. The average Bonchev–Trinajstić information content (AvgIpc) is 3.01. The molecular formula is C19H20N2O4. The number of esters is 1. The molecule has 1 saturated heterocycles. The molecule has 1 unspecified atom stereocenters. The number of rotatable bonds is 5. The first-order chi connectivity index (χ1) is 12.1. The molecule has 25 heavy (non-hydrogen) atoms. The standard InChI is InChI=1S/C19H20N2O4/c1-3-25-17(22)19(14-7-5-4-6-8-14)13-21(18(23)20-19)15-9-11-16(24-2)12-10-15/h4-12H,3,13H2,1-2H3,(H,20,23). The first-order valence-corrected chi connectivity index (χ1v) is 8.07. The minimum atomic E-state index is -1.23. The quantitative estimate of drug-likeness (QED) is 0.850. The Morgan fingerprint density at radius 1 is 1.16 bits per heavy atom. The SMILES string of the molecule is CCOC(=O)C1(c2ccccc2)CN(c2ccc(OC)cc2)C(=O)N1. The first-order valence-electron chi connectivity index (χ1n) is 8.07. The number of benzene rings is 2. The maximum absolute atomic E-state index is 12.7. The zero-order chi connectivity index (χ0) is 17.9. The van der Waals surface area contributed by atoms with E-state index in [4.69, 9.17) is 9.47 Å². The molecule has 0 radical (unpaired) electrons. The van der Waals surface area contributed by atoms with Gasteiger partial charge in [0.2, 0.25) is 0 Å². The van der Waals surface area contributed by atoms with Crippen molar-refractivity contribution in [1.82, 2.24) is 5.32 Å². The smallest absolute Gasteiger partial charge is 0.338 e. The highest BCUT2D eigenvalue weighted by atomic mass is 16.5. The van der Waals surface area contributed by atoms with Crippen LogP contribution in [0.15, 0.2) is 54.6 Å². The Labute approximate surface area is 146 Å². The van der Waals surface area contributed by atoms with Gasteiger partial charge in [-0.25, -0.2) is 9.59 Å². The van der Waals surface area contributed by atoms with Gasteiger partial charge in [0.05, 0.1) is 20.3 Å². The lowest BCUT2D eigenvalue weighted by molar-refractivity contribution is -0.150. The van der Waals surface area contributed by atoms with E-state index >= 15 is 0 Å². The van der Waals surface area contributed by atoms with Gasteiger partial charge in [-0.05, 0) is 36.8 Å². The summed E-state index contributed by atoms with van der Waals surface area (Å²) >= 11 is 0. The second kappa shape index (κ2) is 6.84. The van der Waals surface area contributed by atoms with E-state index < -0.39 is 11.5 Å². The summed E-state index contributed by atoms with van der Waals surface area (Å²) in [6.45, 7) is 2.14. The Hall–Kier alpha value is -3.02. The molecule has 1 aliphatic heterocycles. The summed E-state index contributed by atoms with van der Waals surface area (Å²) in [4.78, 5) is 26.8. The average molecular weight is 340 g/mol. The van der Waals surface area contributed by atoms with Gasteiger partial charge < -0.3 is 14.8 Å². The van der Waals surface area contributed by atoms with Crippen LogP contribution in [0, 0.1) is 0 Å². The number of nitrogens with zero attached hydrogens (tertiary/aromatic N) is 1. The normalized spacial score (nSPS) is 19.4. The third-order valence-corrected chi connectivity index (χ3v) is 4.24. The number of ether oxygens (including phenoxy) is 2. The van der Waals surface area contributed by atoms with Crippen molar-refractivity contribution in [1.29, 1.82) is 0 Å². The summed E-state index contributed by atoms with van der Waals surface area (Å²) < 4.78 is 10.4. The molecule has 1 aliphatic rings. The van der Waals surface area contributed by atoms with Gasteiger partial charge in [0.25, 0.3) is 0 Å². The maximum atomic E-state index is 12.7. The molecule has 0 spiro atoms. The molecule has 1 fully saturated rings. The molecule has 0 saturated carbocycles. The second-order valence-corrected chi connectivity index (χ2v) is 5.71. The van der Waals surface area contributed by atoms with E-state index in [9.17, 15) is 9.59 Å². The number of carbonyl (C=O) groups excluding carboxylic acids is 2. The molecule has 0 aliphatic carbocycles. The minimum Gasteiger partial charge on any atom is -0.497 e. The van der Waals surface area contributed by atoms with Crippen molar-refractivity contribution in [3.05, 3.63) is 60.2 Å². The molecule has 2 aromatic carbocycles. The number of amides is 2. The lowest BCUT2D eigenvalue weighted by Gasteiger charge is -2.26. The van der Waals surface area contributed by atoms with Gasteiger partial charge in [-0.3, -0.25) is 4.90 Å². The number of nitrogens with one attached hydrogen (secondary N) is 1. The Kier molecular flexibility index (Phi) is 4.61. The molecule has 2 aromatic rings. The fraction of sp³-hybridized carbons (Fsp3) is 0.263. The summed E-state index contributed by atoms with van der Waals surface area (Å²) in [6, 6.07) is 15.9. The van der Waals surface area contributed by atoms with E-state index in [1.165, 1.54) is 4.90 Å². The van der Waals surface area contributed by atoms with Crippen LogP contribution < -0.4 is 15.0 Å². The number of hydrogen-bond acceptors (Lipinski definition) is 4. The summed E-state index contributed by atoms with van der Waals surface area (Å²) in [5.74, 6) is 0.230. The molecule has 1 atom stereocenters. The highest BCUT2D eigenvalue weighted by molar-refractivity contribution is 6.02. The number of anilines is 1. The molecule has 0 aromatic heterocycles. The van der Waals surface area contributed by atoms with Crippen LogP contribution in [0.1, 0.15) is 12.5 Å². The van der Waals surface area contributed by atoms with Crippen molar-refractivity contribution < 1.29 is 19.1 Å². The number of carbonyl (C=O) groups is 2. The van der Waals surface area contributed by atoms with Crippen LogP contribution >= 0.6 is 0 Å². The second-order valence-electron chi connectivity index (χ2n) is 5.71. The Bertz CT molecular complexity index is 761. The van der Waals surface area contributed by atoms with E-state index in [2.05, 4.69) is 5.32 Å². The molecule has 6 heteroatoms. The molecule has 2 amide bonds. The lowest BCUT2D eigenvalue weighted by Crippen LogP contribution is -2.49. The van der Waals surface area contributed by atoms with E-state index in [1.807, 2.05) is 30.3 Å². The largest absolute Gasteiger partial charge is 0.497 e. The van der Waals surface area contributed by atoms with Gasteiger partial charge in [-0.15, -0.1) is 0 Å². The topological polar surface area (TPSA) is 67.9 Å². The van der Waals surface area contributed by atoms with Crippen LogP contribution in [0.4, 0.5) is 10.5 Å². The van der Waals surface area contributed by atoms with Crippen LogP contribution in [0.25, 0.3) is 0 Å². The summed E-state index contributed by atoms with van der Waals surface area (Å²) in [5, 5.41) is 2.83. The van der Waals surface area contributed by atoms with Crippen molar-refractivity contribution in [2.45, 2.75) is 12.5 Å². The minimum absolute atomic E-state index is 0.154. The van der Waals surface area contributed by atoms with Gasteiger partial charge in [-0.2, -0.15) is 0 Å². The first kappa shape index (κ1) is 16.8. The highest BCUT2D eigenvalue weighted by Gasteiger charge is 2.51. The van der Waals surface area contributed by atoms with E-state index in [-0.39, 0.29) is 19.2 Å². The van der Waals surface area contributed by atoms with Crippen LogP contribution in [0.3, 0.4) is 0 Å². The predicted octanol–water partition coefficient (Wildman–Crippen LogP) is 2.68. The van der Waals surface area contributed by atoms with Crippen LogP contribution in [-0.4, -0.2) is 32.3 Å². The lowest BCUT2D eigenvalue weighted by atomic mass is 9.90. The van der Waals surface area contributed by atoms with Gasteiger partial charge in [0.1, 0.15) is 5.75 Å². The van der Waals surface area contributed by atoms with Crippen LogP contribution in [-0.2, 0) is 15.1 Å². The van der Waals surface area contributed by atoms with Crippen molar-refractivity contribution >= 4 is 17.7 Å². The number of hydrogen-bond donors (Lipinski definition) is 1. The summed E-state index contributed by atoms with van der Waals surface area (Å²) in [5.41, 5.74) is 0.145. The molecular weight excluding hydrogens is 320 g/mol. The zero-order valence-corrected chi connectivity index (χ0v) is 14.2. The van der Waals surface area contributed by atoms with Crippen LogP contribution in [0.5, 0.6) is 5.75 Å². The van der Waals surface area contributed by atoms with Crippen molar-refractivity contribution in [3.63, 3.8) is 0 Å². The van der Waals surface area contributed by atoms with E-state index in [1.54, 1.807) is 38.3 Å². The fourth-order valence-corrected chi connectivity index (χ4v) is 2.94. The van der Waals surface area contributed by atoms with Gasteiger partial charge >= 0.3 is 12.0 Å². The number of urea groups is 1. The molecule has 3 rings (SSSR count). The molecule has 1 heterocycles.